The normalized spacial score (nSPS) is 20.7. The van der Waals surface area contributed by atoms with Crippen LogP contribution in [-0.4, -0.2) is 49.1 Å². The van der Waals surface area contributed by atoms with Crippen molar-refractivity contribution in [2.24, 2.45) is 11.7 Å². The lowest BCUT2D eigenvalue weighted by atomic mass is 9.97. The highest BCUT2D eigenvalue weighted by Gasteiger charge is 2.42. The summed E-state index contributed by atoms with van der Waals surface area (Å²) in [5.74, 6) is -2.49. The summed E-state index contributed by atoms with van der Waals surface area (Å²) in [5, 5.41) is 2.25. The van der Waals surface area contributed by atoms with E-state index in [-0.39, 0.29) is 26.1 Å². The lowest BCUT2D eigenvalue weighted by molar-refractivity contribution is -0.188. The van der Waals surface area contributed by atoms with Crippen molar-refractivity contribution in [3.63, 3.8) is 0 Å². The van der Waals surface area contributed by atoms with Crippen LogP contribution in [0.2, 0.25) is 0 Å². The Morgan fingerprint density at radius 3 is 2.61 bits per heavy atom. The summed E-state index contributed by atoms with van der Waals surface area (Å²) < 4.78 is 37.6. The minimum atomic E-state index is -4.28. The van der Waals surface area contributed by atoms with Gasteiger partial charge in [0.25, 0.3) is 0 Å². The molecule has 0 bridgehead atoms. The number of nitrogens with two attached hydrogens (primary N) is 1. The topological polar surface area (TPSA) is 75.4 Å². The van der Waals surface area contributed by atoms with Crippen molar-refractivity contribution in [3.05, 3.63) is 0 Å². The summed E-state index contributed by atoms with van der Waals surface area (Å²) in [4.78, 5) is 23.6. The second-order valence-electron chi connectivity index (χ2n) is 4.20. The first kappa shape index (κ1) is 14.7. The van der Waals surface area contributed by atoms with Gasteiger partial charge in [-0.3, -0.25) is 9.59 Å². The molecular formula is C10H16F3N3O2. The molecule has 0 aliphatic carbocycles. The molecule has 1 atom stereocenters. The first-order valence-electron chi connectivity index (χ1n) is 5.66. The fraction of sp³-hybridized carbons (Fsp3) is 0.800. The molecule has 2 amide bonds. The van der Waals surface area contributed by atoms with Gasteiger partial charge in [-0.05, 0) is 12.8 Å². The zero-order valence-corrected chi connectivity index (χ0v) is 9.79. The molecule has 18 heavy (non-hydrogen) atoms. The summed E-state index contributed by atoms with van der Waals surface area (Å²) in [6.45, 7) is -0.593. The monoisotopic (exact) mass is 267 g/mol. The number of halogens is 3. The van der Waals surface area contributed by atoms with Crippen molar-refractivity contribution in [3.8, 4) is 0 Å². The highest BCUT2D eigenvalue weighted by molar-refractivity contribution is 5.85. The van der Waals surface area contributed by atoms with Crippen LogP contribution in [0.5, 0.6) is 0 Å². The Hall–Kier alpha value is -1.31. The van der Waals surface area contributed by atoms with Crippen molar-refractivity contribution in [2.45, 2.75) is 19.0 Å². The first-order chi connectivity index (χ1) is 8.34. The van der Waals surface area contributed by atoms with Gasteiger partial charge in [-0.25, -0.2) is 0 Å². The molecule has 1 fully saturated rings. The van der Waals surface area contributed by atoms with Crippen molar-refractivity contribution in [1.29, 1.82) is 0 Å². The molecule has 0 saturated carbocycles. The average molecular weight is 267 g/mol. The van der Waals surface area contributed by atoms with E-state index >= 15 is 0 Å². The number of piperidine rings is 1. The Morgan fingerprint density at radius 2 is 2.06 bits per heavy atom. The van der Waals surface area contributed by atoms with Crippen LogP contribution in [0.15, 0.2) is 0 Å². The van der Waals surface area contributed by atoms with Gasteiger partial charge in [-0.15, -0.1) is 0 Å². The fourth-order valence-electron chi connectivity index (χ4n) is 1.83. The van der Waals surface area contributed by atoms with Gasteiger partial charge in [0.1, 0.15) is 0 Å². The van der Waals surface area contributed by atoms with E-state index in [0.717, 1.165) is 4.90 Å². The maximum Gasteiger partial charge on any atom is 0.393 e. The third kappa shape index (κ3) is 4.17. The molecule has 1 rings (SSSR count). The van der Waals surface area contributed by atoms with Crippen LogP contribution in [0.25, 0.3) is 0 Å². The zero-order chi connectivity index (χ0) is 13.8. The Balaban J connectivity index is 2.46. The smallest absolute Gasteiger partial charge is 0.346 e. The van der Waals surface area contributed by atoms with Gasteiger partial charge in [-0.1, -0.05) is 0 Å². The molecule has 0 aromatic carbocycles. The van der Waals surface area contributed by atoms with Gasteiger partial charge in [-0.2, -0.15) is 13.2 Å². The van der Waals surface area contributed by atoms with Crippen LogP contribution < -0.4 is 11.1 Å². The number of likely N-dealkylation sites (tertiary alicyclic amines) is 1. The van der Waals surface area contributed by atoms with E-state index in [1.165, 1.54) is 0 Å². The van der Waals surface area contributed by atoms with Crippen molar-refractivity contribution in [1.82, 2.24) is 10.2 Å². The largest absolute Gasteiger partial charge is 0.393 e. The Kier molecular flexibility index (Phi) is 4.94. The van der Waals surface area contributed by atoms with Crippen molar-refractivity contribution in [2.75, 3.05) is 26.2 Å². The van der Waals surface area contributed by atoms with Crippen LogP contribution in [0, 0.1) is 5.92 Å². The highest BCUT2D eigenvalue weighted by Crippen LogP contribution is 2.32. The molecule has 8 heteroatoms. The number of alkyl halides is 3. The van der Waals surface area contributed by atoms with Crippen LogP contribution >= 0.6 is 0 Å². The number of hydrogen-bond donors (Lipinski definition) is 2. The summed E-state index contributed by atoms with van der Waals surface area (Å²) in [5.41, 5.74) is 5.03. The number of nitrogens with one attached hydrogen (secondary N) is 1. The number of hydrogen-bond acceptors (Lipinski definition) is 3. The van der Waals surface area contributed by atoms with Crippen LogP contribution in [0.4, 0.5) is 13.2 Å². The zero-order valence-electron chi connectivity index (χ0n) is 9.79. The third-order valence-corrected chi connectivity index (χ3v) is 2.86. The van der Waals surface area contributed by atoms with Crippen LogP contribution in [0.1, 0.15) is 12.8 Å². The molecule has 0 aromatic rings. The summed E-state index contributed by atoms with van der Waals surface area (Å²) in [6.07, 6.45) is -3.91. The van der Waals surface area contributed by atoms with Gasteiger partial charge in [0, 0.05) is 13.1 Å². The second kappa shape index (κ2) is 6.03. The lowest BCUT2D eigenvalue weighted by Gasteiger charge is -2.33. The molecule has 0 aromatic heterocycles. The molecule has 0 spiro atoms. The molecule has 1 unspecified atom stereocenters. The first-order valence-corrected chi connectivity index (χ1v) is 5.66. The van der Waals surface area contributed by atoms with Gasteiger partial charge < -0.3 is 16.0 Å². The van der Waals surface area contributed by atoms with Gasteiger partial charge in [0.05, 0.1) is 19.0 Å². The molecule has 1 heterocycles. The number of rotatable bonds is 3. The molecule has 5 nitrogen and oxygen atoms in total. The van der Waals surface area contributed by atoms with E-state index in [4.69, 9.17) is 5.73 Å². The maximum atomic E-state index is 12.5. The van der Waals surface area contributed by atoms with E-state index in [2.05, 4.69) is 5.32 Å². The summed E-state index contributed by atoms with van der Waals surface area (Å²) in [6, 6.07) is 0. The van der Waals surface area contributed by atoms with Crippen LogP contribution in [0.3, 0.4) is 0 Å². The van der Waals surface area contributed by atoms with Gasteiger partial charge in [0.2, 0.25) is 11.8 Å². The standard InChI is InChI=1S/C10H16F3N3O2/c11-10(12,13)7-2-1-3-16(6-7)9(18)5-15-8(17)4-14/h7H,1-6,14H2,(H,15,17). The van der Waals surface area contributed by atoms with E-state index in [9.17, 15) is 22.8 Å². The quantitative estimate of drug-likeness (QED) is 0.747. The molecule has 1 aliphatic rings. The lowest BCUT2D eigenvalue weighted by Crippen LogP contribution is -2.48. The Labute approximate surface area is 102 Å². The fourth-order valence-corrected chi connectivity index (χ4v) is 1.83. The van der Waals surface area contributed by atoms with Gasteiger partial charge >= 0.3 is 6.18 Å². The predicted molar refractivity (Wildman–Crippen MR) is 57.4 cm³/mol. The molecule has 3 N–H and O–H groups in total. The molecule has 0 radical (unpaired) electrons. The van der Waals surface area contributed by atoms with E-state index in [1.807, 2.05) is 0 Å². The summed E-state index contributed by atoms with van der Waals surface area (Å²) >= 11 is 0. The predicted octanol–water partition coefficient (Wildman–Crippen LogP) is -0.138. The summed E-state index contributed by atoms with van der Waals surface area (Å²) in [7, 11) is 0. The average Bonchev–Trinajstić information content (AvgIpc) is 2.34. The molecule has 1 aliphatic heterocycles. The minimum Gasteiger partial charge on any atom is -0.346 e. The van der Waals surface area contributed by atoms with Crippen molar-refractivity contribution < 1.29 is 22.8 Å². The van der Waals surface area contributed by atoms with E-state index < -0.39 is 23.9 Å². The third-order valence-electron chi connectivity index (χ3n) is 2.86. The van der Waals surface area contributed by atoms with Crippen LogP contribution in [-0.2, 0) is 9.59 Å². The van der Waals surface area contributed by atoms with Gasteiger partial charge in [0.15, 0.2) is 0 Å². The van der Waals surface area contributed by atoms with E-state index in [0.29, 0.717) is 13.0 Å². The number of carbonyl (C=O) groups excluding carboxylic acids is 2. The highest BCUT2D eigenvalue weighted by atomic mass is 19.4. The Morgan fingerprint density at radius 1 is 1.39 bits per heavy atom. The number of nitrogens with zero attached hydrogens (tertiary/aromatic N) is 1. The Bertz CT molecular complexity index is 320. The minimum absolute atomic E-state index is 0.0441. The molecular weight excluding hydrogens is 251 g/mol. The SMILES string of the molecule is NCC(=O)NCC(=O)N1CCCC(C(F)(F)F)C1. The van der Waals surface area contributed by atoms with Crippen molar-refractivity contribution >= 4 is 11.8 Å². The van der Waals surface area contributed by atoms with E-state index in [1.54, 1.807) is 0 Å². The second-order valence-corrected chi connectivity index (χ2v) is 4.20. The number of amides is 2. The molecule has 1 saturated heterocycles. The molecule has 104 valence electrons. The number of carbonyl (C=O) groups is 2. The maximum absolute atomic E-state index is 12.5.